The molecule has 0 amide bonds. The van der Waals surface area contributed by atoms with Gasteiger partial charge in [-0.05, 0) is 24.3 Å². The summed E-state index contributed by atoms with van der Waals surface area (Å²) in [6, 6.07) is 10.9. The lowest BCUT2D eigenvalue weighted by molar-refractivity contribution is 0.483. The second kappa shape index (κ2) is 4.94. The number of hydrogen-bond acceptors (Lipinski definition) is 3. The van der Waals surface area contributed by atoms with Gasteiger partial charge in [0.2, 0.25) is 0 Å². The van der Waals surface area contributed by atoms with Crippen LogP contribution in [0.5, 0.6) is 11.5 Å². The number of benzene rings is 2. The average Bonchev–Trinajstić information content (AvgIpc) is 2.37. The van der Waals surface area contributed by atoms with Gasteiger partial charge in [-0.25, -0.2) is 4.39 Å². The van der Waals surface area contributed by atoms with E-state index in [1.54, 1.807) is 24.3 Å². The molecule has 0 aliphatic rings. The van der Waals surface area contributed by atoms with E-state index in [2.05, 4.69) is 0 Å². The van der Waals surface area contributed by atoms with Gasteiger partial charge >= 0.3 is 0 Å². The smallest absolute Gasteiger partial charge is 0.151 e. The van der Waals surface area contributed by atoms with Gasteiger partial charge in [0.15, 0.2) is 5.75 Å². The van der Waals surface area contributed by atoms with Gasteiger partial charge < -0.3 is 10.5 Å². The number of rotatable bonds is 2. The van der Waals surface area contributed by atoms with Gasteiger partial charge in [0.25, 0.3) is 0 Å². The van der Waals surface area contributed by atoms with Gasteiger partial charge in [0.1, 0.15) is 11.6 Å². The number of halogens is 2. The number of nitrogens with two attached hydrogens (primary N) is 1. The van der Waals surface area contributed by atoms with Crippen molar-refractivity contribution in [3.63, 3.8) is 0 Å². The molecule has 18 heavy (non-hydrogen) atoms. The second-order valence-electron chi connectivity index (χ2n) is 3.54. The Labute approximate surface area is 108 Å². The van der Waals surface area contributed by atoms with Crippen LogP contribution >= 0.6 is 11.6 Å². The summed E-state index contributed by atoms with van der Waals surface area (Å²) >= 11 is 5.65. The molecule has 0 radical (unpaired) electrons. The Morgan fingerprint density at radius 3 is 2.50 bits per heavy atom. The van der Waals surface area contributed by atoms with Gasteiger partial charge in [-0.1, -0.05) is 11.6 Å². The molecule has 0 atom stereocenters. The van der Waals surface area contributed by atoms with Crippen LogP contribution in [0.1, 0.15) is 5.56 Å². The predicted molar refractivity (Wildman–Crippen MR) is 67.1 cm³/mol. The lowest BCUT2D eigenvalue weighted by atomic mass is 10.2. The summed E-state index contributed by atoms with van der Waals surface area (Å²) in [6.45, 7) is 0. The second-order valence-corrected chi connectivity index (χ2v) is 3.95. The first-order valence-electron chi connectivity index (χ1n) is 5.02. The van der Waals surface area contributed by atoms with Gasteiger partial charge in [-0.2, -0.15) is 5.26 Å². The summed E-state index contributed by atoms with van der Waals surface area (Å²) in [5, 5.41) is 8.60. The summed E-state index contributed by atoms with van der Waals surface area (Å²) in [6.07, 6.45) is 0. The minimum absolute atomic E-state index is 0.0622. The Hall–Kier alpha value is -2.25. The van der Waals surface area contributed by atoms with E-state index in [-0.39, 0.29) is 16.5 Å². The van der Waals surface area contributed by atoms with Gasteiger partial charge in [-0.15, -0.1) is 0 Å². The molecule has 3 nitrogen and oxygen atoms in total. The predicted octanol–water partition coefficient (Wildman–Crippen LogP) is 3.73. The van der Waals surface area contributed by atoms with Crippen molar-refractivity contribution in [2.24, 2.45) is 0 Å². The van der Waals surface area contributed by atoms with Crippen molar-refractivity contribution in [2.75, 3.05) is 5.73 Å². The summed E-state index contributed by atoms with van der Waals surface area (Å²) in [4.78, 5) is 0. The third-order valence-corrected chi connectivity index (χ3v) is 2.55. The zero-order valence-electron chi connectivity index (χ0n) is 9.15. The van der Waals surface area contributed by atoms with Crippen molar-refractivity contribution in [2.45, 2.75) is 0 Å². The standard InChI is InChI=1S/C13H8ClFN2O/c14-10-5-13(12(17)6-11(10)15)18-9-3-1-8(7-16)2-4-9/h1-6H,17H2. The van der Waals surface area contributed by atoms with Crippen molar-refractivity contribution < 1.29 is 9.13 Å². The first kappa shape index (κ1) is 12.2. The van der Waals surface area contributed by atoms with Crippen LogP contribution < -0.4 is 10.5 Å². The highest BCUT2D eigenvalue weighted by atomic mass is 35.5. The zero-order chi connectivity index (χ0) is 13.1. The van der Waals surface area contributed by atoms with Crippen molar-refractivity contribution in [1.82, 2.24) is 0 Å². The fraction of sp³-hybridized carbons (Fsp3) is 0. The van der Waals surface area contributed by atoms with Crippen LogP contribution in [-0.4, -0.2) is 0 Å². The van der Waals surface area contributed by atoms with Crippen LogP contribution in [0.3, 0.4) is 0 Å². The topological polar surface area (TPSA) is 59.0 Å². The Kier molecular flexibility index (Phi) is 3.35. The maximum atomic E-state index is 13.1. The van der Waals surface area contributed by atoms with Crippen LogP contribution in [0.2, 0.25) is 5.02 Å². The van der Waals surface area contributed by atoms with E-state index in [4.69, 9.17) is 27.3 Å². The number of nitrogen functional groups attached to an aromatic ring is 1. The first-order valence-corrected chi connectivity index (χ1v) is 5.40. The average molecular weight is 263 g/mol. The van der Waals surface area contributed by atoms with Crippen molar-refractivity contribution in [1.29, 1.82) is 5.26 Å². The molecule has 90 valence electrons. The molecule has 5 heteroatoms. The number of anilines is 1. The first-order chi connectivity index (χ1) is 8.60. The van der Waals surface area contributed by atoms with E-state index in [0.717, 1.165) is 6.07 Å². The Balaban J connectivity index is 2.28. The number of hydrogen-bond donors (Lipinski definition) is 1. The van der Waals surface area contributed by atoms with E-state index in [1.165, 1.54) is 6.07 Å². The molecular formula is C13H8ClFN2O. The lowest BCUT2D eigenvalue weighted by Gasteiger charge is -2.09. The summed E-state index contributed by atoms with van der Waals surface area (Å²) in [5.74, 6) is 0.163. The molecule has 2 aromatic rings. The van der Waals surface area contributed by atoms with E-state index < -0.39 is 5.82 Å². The van der Waals surface area contributed by atoms with Crippen molar-refractivity contribution in [3.8, 4) is 17.6 Å². The Bertz CT molecular complexity index is 620. The molecule has 0 saturated heterocycles. The Morgan fingerprint density at radius 1 is 1.22 bits per heavy atom. The normalized spacial score (nSPS) is 9.83. The largest absolute Gasteiger partial charge is 0.455 e. The number of nitrogens with zero attached hydrogens (tertiary/aromatic N) is 1. The summed E-state index contributed by atoms with van der Waals surface area (Å²) < 4.78 is 18.6. The molecule has 2 rings (SSSR count). The molecule has 0 unspecified atom stereocenters. The molecule has 0 heterocycles. The van der Waals surface area contributed by atoms with Crippen LogP contribution in [0.4, 0.5) is 10.1 Å². The summed E-state index contributed by atoms with van der Waals surface area (Å²) in [7, 11) is 0. The fourth-order valence-corrected chi connectivity index (χ4v) is 1.51. The molecular weight excluding hydrogens is 255 g/mol. The van der Waals surface area contributed by atoms with Crippen LogP contribution in [0.25, 0.3) is 0 Å². The molecule has 0 spiro atoms. The SMILES string of the molecule is N#Cc1ccc(Oc2cc(Cl)c(F)cc2N)cc1. The summed E-state index contributed by atoms with van der Waals surface area (Å²) in [5.41, 5.74) is 6.29. The monoisotopic (exact) mass is 262 g/mol. The highest BCUT2D eigenvalue weighted by Crippen LogP contribution is 2.32. The van der Waals surface area contributed by atoms with E-state index >= 15 is 0 Å². The van der Waals surface area contributed by atoms with Gasteiger partial charge in [0.05, 0.1) is 22.3 Å². The molecule has 0 bridgehead atoms. The highest BCUT2D eigenvalue weighted by Gasteiger charge is 2.08. The molecule has 0 aliphatic heterocycles. The minimum Gasteiger partial charge on any atom is -0.455 e. The third-order valence-electron chi connectivity index (χ3n) is 2.26. The van der Waals surface area contributed by atoms with Gasteiger partial charge in [0, 0.05) is 12.1 Å². The Morgan fingerprint density at radius 2 is 1.89 bits per heavy atom. The molecule has 2 aromatic carbocycles. The number of ether oxygens (including phenoxy) is 1. The van der Waals surface area contributed by atoms with Crippen LogP contribution in [-0.2, 0) is 0 Å². The molecule has 0 aliphatic carbocycles. The highest BCUT2D eigenvalue weighted by molar-refractivity contribution is 6.31. The lowest BCUT2D eigenvalue weighted by Crippen LogP contribution is -1.94. The van der Waals surface area contributed by atoms with Crippen molar-refractivity contribution >= 4 is 17.3 Å². The van der Waals surface area contributed by atoms with E-state index in [0.29, 0.717) is 11.3 Å². The molecule has 0 aromatic heterocycles. The third kappa shape index (κ3) is 2.53. The maximum absolute atomic E-state index is 13.1. The minimum atomic E-state index is -0.596. The molecule has 0 saturated carbocycles. The van der Waals surface area contributed by atoms with Crippen LogP contribution in [0, 0.1) is 17.1 Å². The fourth-order valence-electron chi connectivity index (χ4n) is 1.36. The maximum Gasteiger partial charge on any atom is 0.151 e. The van der Waals surface area contributed by atoms with Gasteiger partial charge in [-0.3, -0.25) is 0 Å². The van der Waals surface area contributed by atoms with E-state index in [1.807, 2.05) is 6.07 Å². The van der Waals surface area contributed by atoms with Crippen molar-refractivity contribution in [3.05, 3.63) is 52.8 Å². The quantitative estimate of drug-likeness (QED) is 0.839. The zero-order valence-corrected chi connectivity index (χ0v) is 9.91. The molecule has 0 fully saturated rings. The number of nitriles is 1. The van der Waals surface area contributed by atoms with Crippen LogP contribution in [0.15, 0.2) is 36.4 Å². The van der Waals surface area contributed by atoms with E-state index in [9.17, 15) is 4.39 Å². The molecule has 2 N–H and O–H groups in total.